The topological polar surface area (TPSA) is 41.1 Å². The molecule has 2 amide bonds. The molecule has 2 N–H and O–H groups in total. The van der Waals surface area contributed by atoms with Crippen LogP contribution in [0.25, 0.3) is 0 Å². The van der Waals surface area contributed by atoms with Crippen LogP contribution >= 0.6 is 0 Å². The molecule has 0 spiro atoms. The van der Waals surface area contributed by atoms with Crippen LogP contribution in [-0.4, -0.2) is 18.6 Å². The predicted octanol–water partition coefficient (Wildman–Crippen LogP) is 2.52. The molecule has 0 atom stereocenters. The van der Waals surface area contributed by atoms with Crippen LogP contribution in [0.3, 0.4) is 0 Å². The van der Waals surface area contributed by atoms with Crippen LogP contribution in [0, 0.1) is 11.3 Å². The summed E-state index contributed by atoms with van der Waals surface area (Å²) in [5.41, 5.74) is 0.164. The third kappa shape index (κ3) is 3.73. The smallest absolute Gasteiger partial charge is 0.315 e. The number of hydrogen-bond acceptors (Lipinski definition) is 1. The second-order valence-corrected chi connectivity index (χ2v) is 5.60. The molecule has 1 saturated carbocycles. The minimum absolute atomic E-state index is 0.00609. The van der Waals surface area contributed by atoms with Gasteiger partial charge < -0.3 is 10.6 Å². The Bertz CT molecular complexity index is 220. The Morgan fingerprint density at radius 3 is 2.40 bits per heavy atom. The highest BCUT2D eigenvalue weighted by Crippen LogP contribution is 2.24. The molecule has 0 aromatic carbocycles. The highest BCUT2D eigenvalue weighted by Gasteiger charge is 2.24. The second-order valence-electron chi connectivity index (χ2n) is 5.60. The molecule has 0 unspecified atom stereocenters. The van der Waals surface area contributed by atoms with Crippen molar-refractivity contribution in [2.45, 2.75) is 53.0 Å². The Morgan fingerprint density at radius 2 is 2.00 bits per heavy atom. The van der Waals surface area contributed by atoms with E-state index in [-0.39, 0.29) is 11.4 Å². The summed E-state index contributed by atoms with van der Waals surface area (Å²) in [5, 5.41) is 5.93. The molecule has 88 valence electrons. The van der Waals surface area contributed by atoms with Gasteiger partial charge in [0.15, 0.2) is 0 Å². The first-order valence-corrected chi connectivity index (χ1v) is 5.96. The molecular weight excluding hydrogens is 188 g/mol. The zero-order valence-electron chi connectivity index (χ0n) is 10.4. The van der Waals surface area contributed by atoms with E-state index in [4.69, 9.17) is 0 Å². The molecular formula is C12H24N2O. The van der Waals surface area contributed by atoms with Crippen molar-refractivity contribution < 1.29 is 4.79 Å². The van der Waals surface area contributed by atoms with E-state index in [1.165, 1.54) is 6.42 Å². The summed E-state index contributed by atoms with van der Waals surface area (Å²) >= 11 is 0. The monoisotopic (exact) mass is 212 g/mol. The molecule has 3 nitrogen and oxygen atoms in total. The van der Waals surface area contributed by atoms with E-state index in [1.807, 2.05) is 0 Å². The Morgan fingerprint density at radius 1 is 1.40 bits per heavy atom. The second kappa shape index (κ2) is 4.86. The van der Waals surface area contributed by atoms with Crippen molar-refractivity contribution in [2.24, 2.45) is 11.3 Å². The van der Waals surface area contributed by atoms with Gasteiger partial charge in [-0.1, -0.05) is 27.7 Å². The van der Waals surface area contributed by atoms with Crippen molar-refractivity contribution in [1.29, 1.82) is 0 Å². The van der Waals surface area contributed by atoms with E-state index in [9.17, 15) is 4.79 Å². The number of amides is 2. The van der Waals surface area contributed by atoms with Crippen molar-refractivity contribution in [2.75, 3.05) is 6.54 Å². The molecule has 0 aromatic rings. The van der Waals surface area contributed by atoms with Crippen molar-refractivity contribution >= 4 is 6.03 Å². The summed E-state index contributed by atoms with van der Waals surface area (Å²) in [6, 6.07) is 0.417. The van der Waals surface area contributed by atoms with E-state index in [1.54, 1.807) is 0 Å². The van der Waals surface area contributed by atoms with Crippen molar-refractivity contribution in [1.82, 2.24) is 10.6 Å². The van der Waals surface area contributed by atoms with Gasteiger partial charge in [0, 0.05) is 12.6 Å². The third-order valence-electron chi connectivity index (χ3n) is 3.71. The molecule has 1 rings (SSSR count). The lowest BCUT2D eigenvalue weighted by molar-refractivity contribution is 0.207. The lowest BCUT2D eigenvalue weighted by atomic mass is 9.81. The predicted molar refractivity (Wildman–Crippen MR) is 62.8 cm³/mol. The van der Waals surface area contributed by atoms with E-state index in [0.717, 1.165) is 19.4 Å². The number of carbonyl (C=O) groups excluding carboxylic acids is 1. The first-order valence-electron chi connectivity index (χ1n) is 5.96. The van der Waals surface area contributed by atoms with Crippen molar-refractivity contribution in [3.63, 3.8) is 0 Å². The molecule has 3 heteroatoms. The summed E-state index contributed by atoms with van der Waals surface area (Å²) in [6.07, 6.45) is 3.53. The highest BCUT2D eigenvalue weighted by atomic mass is 16.2. The number of carbonyl (C=O) groups is 1. The Labute approximate surface area is 93.0 Å². The molecule has 0 aromatic heterocycles. The van der Waals surface area contributed by atoms with Crippen LogP contribution in [0.1, 0.15) is 47.0 Å². The van der Waals surface area contributed by atoms with E-state index < -0.39 is 0 Å². The summed E-state index contributed by atoms with van der Waals surface area (Å²) < 4.78 is 0. The minimum atomic E-state index is -0.00609. The first kappa shape index (κ1) is 12.3. The van der Waals surface area contributed by atoms with E-state index in [0.29, 0.717) is 12.0 Å². The first-order chi connectivity index (χ1) is 6.92. The molecule has 1 fully saturated rings. The van der Waals surface area contributed by atoms with Gasteiger partial charge in [-0.05, 0) is 30.6 Å². The number of rotatable bonds is 4. The normalized spacial score (nSPS) is 17.4. The average molecular weight is 212 g/mol. The van der Waals surface area contributed by atoms with Crippen LogP contribution in [0.15, 0.2) is 0 Å². The Balaban J connectivity index is 2.20. The molecule has 0 radical (unpaired) electrons. The van der Waals surface area contributed by atoms with E-state index in [2.05, 4.69) is 38.3 Å². The summed E-state index contributed by atoms with van der Waals surface area (Å²) in [7, 11) is 0. The largest absolute Gasteiger partial charge is 0.338 e. The summed E-state index contributed by atoms with van der Waals surface area (Å²) in [6.45, 7) is 9.48. The van der Waals surface area contributed by atoms with Crippen LogP contribution in [-0.2, 0) is 0 Å². The van der Waals surface area contributed by atoms with Gasteiger partial charge in [0.25, 0.3) is 0 Å². The maximum atomic E-state index is 11.5. The molecule has 1 aliphatic rings. The van der Waals surface area contributed by atoms with Gasteiger partial charge in [0.05, 0.1) is 0 Å². The van der Waals surface area contributed by atoms with Gasteiger partial charge in [-0.15, -0.1) is 0 Å². The maximum absolute atomic E-state index is 11.5. The molecule has 0 saturated heterocycles. The average Bonchev–Trinajstić information content (AvgIpc) is 2.08. The highest BCUT2D eigenvalue weighted by molar-refractivity contribution is 5.74. The van der Waals surface area contributed by atoms with Crippen LogP contribution in [0.5, 0.6) is 0 Å². The fourth-order valence-electron chi connectivity index (χ4n) is 1.30. The van der Waals surface area contributed by atoms with Gasteiger partial charge >= 0.3 is 6.03 Å². The van der Waals surface area contributed by atoms with Crippen LogP contribution in [0.4, 0.5) is 4.79 Å². The Kier molecular flexibility index (Phi) is 4.00. The van der Waals surface area contributed by atoms with Gasteiger partial charge in [0.1, 0.15) is 0 Å². The van der Waals surface area contributed by atoms with Crippen molar-refractivity contribution in [3.05, 3.63) is 0 Å². The fraction of sp³-hybridized carbons (Fsp3) is 0.917. The molecule has 0 heterocycles. The van der Waals surface area contributed by atoms with Crippen LogP contribution < -0.4 is 10.6 Å². The zero-order chi connectivity index (χ0) is 11.5. The SMILES string of the molecule is CC(C)C(C)(C)CNC(=O)NC1CCC1. The maximum Gasteiger partial charge on any atom is 0.315 e. The van der Waals surface area contributed by atoms with Crippen molar-refractivity contribution in [3.8, 4) is 0 Å². The molecule has 1 aliphatic carbocycles. The van der Waals surface area contributed by atoms with Gasteiger partial charge in [0.2, 0.25) is 0 Å². The van der Waals surface area contributed by atoms with Gasteiger partial charge in [-0.2, -0.15) is 0 Å². The standard InChI is InChI=1S/C12H24N2O/c1-9(2)12(3,4)8-13-11(15)14-10-6-5-7-10/h9-10H,5-8H2,1-4H3,(H2,13,14,15). The molecule has 15 heavy (non-hydrogen) atoms. The third-order valence-corrected chi connectivity index (χ3v) is 3.71. The summed E-state index contributed by atoms with van der Waals surface area (Å²) in [5.74, 6) is 0.571. The van der Waals surface area contributed by atoms with E-state index >= 15 is 0 Å². The van der Waals surface area contributed by atoms with Gasteiger partial charge in [-0.3, -0.25) is 0 Å². The lowest BCUT2D eigenvalue weighted by Gasteiger charge is -2.31. The fourth-order valence-corrected chi connectivity index (χ4v) is 1.30. The summed E-state index contributed by atoms with van der Waals surface area (Å²) in [4.78, 5) is 11.5. The lowest BCUT2D eigenvalue weighted by Crippen LogP contribution is -2.48. The van der Waals surface area contributed by atoms with Gasteiger partial charge in [-0.25, -0.2) is 4.79 Å². The number of hydrogen-bond donors (Lipinski definition) is 2. The Hall–Kier alpha value is -0.730. The number of urea groups is 1. The van der Waals surface area contributed by atoms with Crippen LogP contribution in [0.2, 0.25) is 0 Å². The number of nitrogens with one attached hydrogen (secondary N) is 2. The molecule has 0 bridgehead atoms. The quantitative estimate of drug-likeness (QED) is 0.738. The zero-order valence-corrected chi connectivity index (χ0v) is 10.4. The molecule has 0 aliphatic heterocycles. The minimum Gasteiger partial charge on any atom is -0.338 e.